The summed E-state index contributed by atoms with van der Waals surface area (Å²) in [5, 5.41) is 11.9. The fraction of sp³-hybridized carbons (Fsp3) is 1.00. The Kier molecular flexibility index (Phi) is 6.96. The molecule has 0 aromatic carbocycles. The van der Waals surface area contributed by atoms with Crippen LogP contribution in [0.25, 0.3) is 0 Å². The maximum absolute atomic E-state index is 9.68. The molecule has 0 aromatic heterocycles. The Balaban J connectivity index is 1.98. The largest absolute Gasteiger partial charge is 0.389 e. The van der Waals surface area contributed by atoms with E-state index >= 15 is 0 Å². The van der Waals surface area contributed by atoms with Gasteiger partial charge in [-0.15, -0.1) is 0 Å². The summed E-state index contributed by atoms with van der Waals surface area (Å²) in [5.74, 6) is 0.530. The molecule has 0 bridgehead atoms. The van der Waals surface area contributed by atoms with Gasteiger partial charge in [0, 0.05) is 26.2 Å². The maximum atomic E-state index is 9.68. The number of rotatable bonds is 7. The zero-order valence-corrected chi connectivity index (χ0v) is 10.6. The smallest absolute Gasteiger partial charge is 0.0911 e. The molecule has 1 fully saturated rings. The Morgan fingerprint density at radius 3 is 2.50 bits per heavy atom. The molecule has 16 heavy (non-hydrogen) atoms. The van der Waals surface area contributed by atoms with Crippen LogP contribution in [0.1, 0.15) is 33.1 Å². The maximum Gasteiger partial charge on any atom is 0.0911 e. The second kappa shape index (κ2) is 8.01. The lowest BCUT2D eigenvalue weighted by Crippen LogP contribution is -2.45. The average Bonchev–Trinajstić information content (AvgIpc) is 2.27. The van der Waals surface area contributed by atoms with Crippen molar-refractivity contribution in [2.45, 2.75) is 39.2 Å². The van der Waals surface area contributed by atoms with Gasteiger partial charge >= 0.3 is 0 Å². The summed E-state index contributed by atoms with van der Waals surface area (Å²) in [7, 11) is 0. The van der Waals surface area contributed by atoms with Gasteiger partial charge in [-0.2, -0.15) is 0 Å². The van der Waals surface area contributed by atoms with Gasteiger partial charge in [0.15, 0.2) is 0 Å². The molecule has 1 atom stereocenters. The van der Waals surface area contributed by atoms with Crippen LogP contribution in [-0.4, -0.2) is 49.1 Å². The van der Waals surface area contributed by atoms with Gasteiger partial charge in [0.1, 0.15) is 0 Å². The van der Waals surface area contributed by atoms with Crippen molar-refractivity contribution in [3.63, 3.8) is 0 Å². The zero-order chi connectivity index (χ0) is 11.8. The van der Waals surface area contributed by atoms with Gasteiger partial charge in [0.05, 0.1) is 12.7 Å². The summed E-state index contributed by atoms with van der Waals surface area (Å²) < 4.78 is 5.39. The SMILES string of the molecule is CC(C)COCC(O)CNN1CCCCC1. The van der Waals surface area contributed by atoms with Crippen LogP contribution in [0.4, 0.5) is 0 Å². The van der Waals surface area contributed by atoms with Crippen LogP contribution >= 0.6 is 0 Å². The highest BCUT2D eigenvalue weighted by molar-refractivity contribution is 4.63. The van der Waals surface area contributed by atoms with Crippen LogP contribution in [0, 0.1) is 5.92 Å². The Bertz CT molecular complexity index is 170. The van der Waals surface area contributed by atoms with E-state index in [4.69, 9.17) is 4.74 Å². The van der Waals surface area contributed by atoms with Crippen LogP contribution in [0.2, 0.25) is 0 Å². The van der Waals surface area contributed by atoms with E-state index in [9.17, 15) is 5.11 Å². The van der Waals surface area contributed by atoms with E-state index in [-0.39, 0.29) is 0 Å². The van der Waals surface area contributed by atoms with Gasteiger partial charge in [0.2, 0.25) is 0 Å². The quantitative estimate of drug-likeness (QED) is 0.685. The minimum absolute atomic E-state index is 0.402. The van der Waals surface area contributed by atoms with Crippen LogP contribution in [0.5, 0.6) is 0 Å². The molecule has 1 rings (SSSR count). The number of nitrogens with one attached hydrogen (secondary N) is 1. The van der Waals surface area contributed by atoms with Gasteiger partial charge in [-0.05, 0) is 18.8 Å². The molecule has 0 aromatic rings. The standard InChI is InChI=1S/C12H26N2O2/c1-11(2)9-16-10-12(15)8-13-14-6-4-3-5-7-14/h11-13,15H,3-10H2,1-2H3. The number of piperidine rings is 1. The van der Waals surface area contributed by atoms with Gasteiger partial charge in [0.25, 0.3) is 0 Å². The number of ether oxygens (including phenoxy) is 1. The van der Waals surface area contributed by atoms with Gasteiger partial charge in [-0.3, -0.25) is 5.43 Å². The minimum Gasteiger partial charge on any atom is -0.389 e. The molecule has 0 aliphatic carbocycles. The van der Waals surface area contributed by atoms with Crippen molar-refractivity contribution in [3.8, 4) is 0 Å². The molecule has 1 saturated heterocycles. The molecule has 0 amide bonds. The van der Waals surface area contributed by atoms with Crippen LogP contribution in [0.3, 0.4) is 0 Å². The molecule has 1 unspecified atom stereocenters. The third kappa shape index (κ3) is 6.43. The molecule has 1 heterocycles. The fourth-order valence-corrected chi connectivity index (χ4v) is 1.79. The normalized spacial score (nSPS) is 20.2. The molecule has 1 aliphatic rings. The van der Waals surface area contributed by atoms with Gasteiger partial charge in [-0.25, -0.2) is 5.01 Å². The molecule has 2 N–H and O–H groups in total. The molecular formula is C12H26N2O2. The Morgan fingerprint density at radius 1 is 1.19 bits per heavy atom. The fourth-order valence-electron chi connectivity index (χ4n) is 1.79. The van der Waals surface area contributed by atoms with Crippen molar-refractivity contribution in [1.82, 2.24) is 10.4 Å². The summed E-state index contributed by atoms with van der Waals surface area (Å²) >= 11 is 0. The summed E-state index contributed by atoms with van der Waals surface area (Å²) in [6.45, 7) is 8.16. The Morgan fingerprint density at radius 2 is 1.88 bits per heavy atom. The molecule has 96 valence electrons. The van der Waals surface area contributed by atoms with E-state index in [0.29, 0.717) is 19.1 Å². The van der Waals surface area contributed by atoms with E-state index < -0.39 is 6.10 Å². The monoisotopic (exact) mass is 230 g/mol. The predicted molar refractivity (Wildman–Crippen MR) is 65.1 cm³/mol. The van der Waals surface area contributed by atoms with E-state index in [2.05, 4.69) is 24.3 Å². The lowest BCUT2D eigenvalue weighted by molar-refractivity contribution is 0.0129. The molecule has 4 heteroatoms. The molecular weight excluding hydrogens is 204 g/mol. The van der Waals surface area contributed by atoms with Crippen molar-refractivity contribution in [3.05, 3.63) is 0 Å². The van der Waals surface area contributed by atoms with Crippen LogP contribution < -0.4 is 5.43 Å². The second-order valence-corrected chi connectivity index (χ2v) is 5.00. The van der Waals surface area contributed by atoms with Gasteiger partial charge < -0.3 is 9.84 Å². The molecule has 0 radical (unpaired) electrons. The van der Waals surface area contributed by atoms with Crippen molar-refractivity contribution in [1.29, 1.82) is 0 Å². The van der Waals surface area contributed by atoms with Crippen molar-refractivity contribution >= 4 is 0 Å². The first-order valence-electron chi connectivity index (χ1n) is 6.42. The van der Waals surface area contributed by atoms with E-state index in [1.807, 2.05) is 0 Å². The minimum atomic E-state index is -0.402. The topological polar surface area (TPSA) is 44.7 Å². The van der Waals surface area contributed by atoms with Crippen LogP contribution in [0.15, 0.2) is 0 Å². The van der Waals surface area contributed by atoms with Crippen LogP contribution in [-0.2, 0) is 4.74 Å². The molecule has 1 aliphatic heterocycles. The van der Waals surface area contributed by atoms with Crippen molar-refractivity contribution in [2.24, 2.45) is 5.92 Å². The number of aliphatic hydroxyl groups is 1. The Hall–Kier alpha value is -0.160. The summed E-state index contributed by atoms with van der Waals surface area (Å²) in [4.78, 5) is 0. The first-order chi connectivity index (χ1) is 7.68. The first-order valence-corrected chi connectivity index (χ1v) is 6.42. The highest BCUT2D eigenvalue weighted by atomic mass is 16.5. The lowest BCUT2D eigenvalue weighted by atomic mass is 10.2. The second-order valence-electron chi connectivity index (χ2n) is 5.00. The predicted octanol–water partition coefficient (Wildman–Crippen LogP) is 1.01. The van der Waals surface area contributed by atoms with E-state index in [1.165, 1.54) is 19.3 Å². The number of hydrogen-bond donors (Lipinski definition) is 2. The van der Waals surface area contributed by atoms with Crippen molar-refractivity contribution in [2.75, 3.05) is 32.8 Å². The number of nitrogens with zero attached hydrogens (tertiary/aromatic N) is 1. The highest BCUT2D eigenvalue weighted by Gasteiger charge is 2.11. The first kappa shape index (κ1) is 13.9. The molecule has 0 spiro atoms. The summed E-state index contributed by atoms with van der Waals surface area (Å²) in [5.41, 5.74) is 3.26. The number of aliphatic hydroxyl groups excluding tert-OH is 1. The highest BCUT2D eigenvalue weighted by Crippen LogP contribution is 2.05. The summed E-state index contributed by atoms with van der Waals surface area (Å²) in [6, 6.07) is 0. The molecule has 4 nitrogen and oxygen atoms in total. The van der Waals surface area contributed by atoms with E-state index in [1.54, 1.807) is 0 Å². The number of hydrazine groups is 1. The van der Waals surface area contributed by atoms with E-state index in [0.717, 1.165) is 19.7 Å². The van der Waals surface area contributed by atoms with Gasteiger partial charge in [-0.1, -0.05) is 20.3 Å². The number of hydrogen-bond acceptors (Lipinski definition) is 4. The third-order valence-electron chi connectivity index (χ3n) is 2.67. The third-order valence-corrected chi connectivity index (χ3v) is 2.67. The zero-order valence-electron chi connectivity index (χ0n) is 10.6. The average molecular weight is 230 g/mol. The summed E-state index contributed by atoms with van der Waals surface area (Å²) in [6.07, 6.45) is 3.44. The molecule has 0 saturated carbocycles. The lowest BCUT2D eigenvalue weighted by Gasteiger charge is -2.28. The van der Waals surface area contributed by atoms with Crippen molar-refractivity contribution < 1.29 is 9.84 Å². The Labute approximate surface area is 98.9 Å².